The Balaban J connectivity index is 1.81. The van der Waals surface area contributed by atoms with Crippen molar-refractivity contribution in [1.82, 2.24) is 0 Å². The molecule has 0 saturated heterocycles. The number of furan rings is 2. The first-order valence-electron chi connectivity index (χ1n) is 10.5. The second-order valence-electron chi connectivity index (χ2n) is 9.44. The fraction of sp³-hybridized carbons (Fsp3) is 0.385. The van der Waals surface area contributed by atoms with Crippen LogP contribution in [0.3, 0.4) is 0 Å². The first-order valence-corrected chi connectivity index (χ1v) is 13.7. The molecule has 152 valence electrons. The topological polar surface area (TPSA) is 26.3 Å². The second kappa shape index (κ2) is 6.91. The summed E-state index contributed by atoms with van der Waals surface area (Å²) >= 11 is 0. The molecule has 2 unspecified atom stereocenters. The molecule has 2 aromatic heterocycles. The molecule has 0 amide bonds. The highest BCUT2D eigenvalue weighted by molar-refractivity contribution is 6.85. The zero-order valence-electron chi connectivity index (χ0n) is 18.9. The van der Waals surface area contributed by atoms with Crippen molar-refractivity contribution in [2.75, 3.05) is 0 Å². The molecule has 0 N–H and O–H groups in total. The lowest BCUT2D eigenvalue weighted by Gasteiger charge is -2.40. The van der Waals surface area contributed by atoms with Gasteiger partial charge in [0.1, 0.15) is 23.0 Å². The van der Waals surface area contributed by atoms with Crippen molar-refractivity contribution < 1.29 is 8.83 Å². The van der Waals surface area contributed by atoms with Gasteiger partial charge >= 0.3 is 0 Å². The van der Waals surface area contributed by atoms with Crippen LogP contribution >= 0.6 is 0 Å². The number of allylic oxidation sites excluding steroid dienone is 8. The summed E-state index contributed by atoms with van der Waals surface area (Å²) in [7, 11) is -1.89. The minimum Gasteiger partial charge on any atom is -0.462 e. The predicted octanol–water partition coefficient (Wildman–Crippen LogP) is 8.11. The van der Waals surface area contributed by atoms with E-state index in [2.05, 4.69) is 77.2 Å². The van der Waals surface area contributed by atoms with Crippen LogP contribution in [0.4, 0.5) is 0 Å². The van der Waals surface area contributed by atoms with Gasteiger partial charge in [-0.2, -0.15) is 0 Å². The van der Waals surface area contributed by atoms with Gasteiger partial charge in [-0.05, 0) is 77.0 Å². The van der Waals surface area contributed by atoms with E-state index in [-0.39, 0.29) is 0 Å². The lowest BCUT2D eigenvalue weighted by atomic mass is 10.1. The molecule has 0 saturated carbocycles. The lowest BCUT2D eigenvalue weighted by Crippen LogP contribution is -2.39. The predicted molar refractivity (Wildman–Crippen MR) is 125 cm³/mol. The monoisotopic (exact) mass is 404 g/mol. The smallest absolute Gasteiger partial charge is 0.130 e. The molecule has 2 atom stereocenters. The summed E-state index contributed by atoms with van der Waals surface area (Å²) in [5, 5.41) is 0. The first kappa shape index (κ1) is 20.0. The van der Waals surface area contributed by atoms with Gasteiger partial charge in [-0.1, -0.05) is 47.5 Å². The summed E-state index contributed by atoms with van der Waals surface area (Å²) in [5.74, 6) is 4.00. The molecule has 2 aliphatic rings. The van der Waals surface area contributed by atoms with Crippen LogP contribution < -0.4 is 0 Å². The Labute approximate surface area is 175 Å². The van der Waals surface area contributed by atoms with Gasteiger partial charge in [-0.25, -0.2) is 0 Å². The highest BCUT2D eigenvalue weighted by atomic mass is 28.3. The molecule has 2 nitrogen and oxygen atoms in total. The van der Waals surface area contributed by atoms with E-state index >= 15 is 0 Å². The van der Waals surface area contributed by atoms with Crippen molar-refractivity contribution in [2.24, 2.45) is 0 Å². The summed E-state index contributed by atoms with van der Waals surface area (Å²) < 4.78 is 12.2. The Morgan fingerprint density at radius 2 is 1.00 bits per heavy atom. The maximum absolute atomic E-state index is 6.10. The second-order valence-corrected chi connectivity index (χ2v) is 14.2. The molecular weight excluding hydrogens is 372 g/mol. The molecule has 0 fully saturated rings. The van der Waals surface area contributed by atoms with E-state index in [1.165, 1.54) is 33.4 Å². The van der Waals surface area contributed by atoms with Crippen LogP contribution in [-0.4, -0.2) is 8.07 Å². The summed E-state index contributed by atoms with van der Waals surface area (Å²) in [6.07, 6.45) is 4.71. The van der Waals surface area contributed by atoms with Crippen molar-refractivity contribution in [3.63, 3.8) is 0 Å². The minimum absolute atomic E-state index is 0.429. The van der Waals surface area contributed by atoms with Crippen LogP contribution in [-0.2, 0) is 0 Å². The molecule has 3 heteroatoms. The van der Waals surface area contributed by atoms with Crippen molar-refractivity contribution in [3.8, 4) is 0 Å². The third-order valence-electron chi connectivity index (χ3n) is 7.01. The Kier molecular flexibility index (Phi) is 4.77. The number of hydrogen-bond donors (Lipinski definition) is 0. The molecule has 4 rings (SSSR count). The van der Waals surface area contributed by atoms with Gasteiger partial charge in [0.25, 0.3) is 0 Å². The molecule has 0 radical (unpaired) electrons. The van der Waals surface area contributed by atoms with Crippen LogP contribution in [0.15, 0.2) is 67.5 Å². The molecule has 0 aliphatic heterocycles. The largest absolute Gasteiger partial charge is 0.462 e. The van der Waals surface area contributed by atoms with Crippen molar-refractivity contribution >= 4 is 19.2 Å². The molecule has 29 heavy (non-hydrogen) atoms. The van der Waals surface area contributed by atoms with Gasteiger partial charge in [0.2, 0.25) is 0 Å². The summed E-state index contributed by atoms with van der Waals surface area (Å²) in [6.45, 7) is 18.2. The van der Waals surface area contributed by atoms with Gasteiger partial charge in [0.15, 0.2) is 0 Å². The quantitative estimate of drug-likeness (QED) is 0.481. The van der Waals surface area contributed by atoms with E-state index in [4.69, 9.17) is 8.83 Å². The summed E-state index contributed by atoms with van der Waals surface area (Å²) in [4.78, 5) is 0. The summed E-state index contributed by atoms with van der Waals surface area (Å²) in [6, 6.07) is 8.43. The van der Waals surface area contributed by atoms with E-state index in [9.17, 15) is 0 Å². The normalized spacial score (nSPS) is 22.6. The SMILES string of the molecule is CC1=C(C)C([Si](C)(C)C2C(c3ccc(C)o3)=CC(C)=C2C)C(c2ccc(C)o2)=C1. The van der Waals surface area contributed by atoms with Gasteiger partial charge < -0.3 is 8.83 Å². The number of aryl methyl sites for hydroxylation is 2. The van der Waals surface area contributed by atoms with Gasteiger partial charge in [0.05, 0.1) is 8.07 Å². The van der Waals surface area contributed by atoms with Crippen LogP contribution in [0.5, 0.6) is 0 Å². The van der Waals surface area contributed by atoms with Crippen molar-refractivity contribution in [2.45, 2.75) is 65.7 Å². The van der Waals surface area contributed by atoms with Crippen molar-refractivity contribution in [3.05, 3.63) is 81.8 Å². The average molecular weight is 405 g/mol. The zero-order chi connectivity index (χ0) is 21.1. The first-order chi connectivity index (χ1) is 13.6. The molecule has 2 aliphatic carbocycles. The molecule has 2 heterocycles. The van der Waals surface area contributed by atoms with E-state index in [1.807, 2.05) is 13.8 Å². The number of hydrogen-bond acceptors (Lipinski definition) is 2. The Hall–Kier alpha value is -2.26. The standard InChI is InChI=1S/C26H32O2Si/c1-15-13-21(23-11-9-17(3)27-23)25(19(15)5)29(7,8)26-20(6)16(2)14-22(26)24-12-10-18(4)28-24/h9-14,25-26H,1-8H3. The number of rotatable bonds is 4. The zero-order valence-corrected chi connectivity index (χ0v) is 19.9. The third kappa shape index (κ3) is 3.16. The van der Waals surface area contributed by atoms with Crippen LogP contribution in [0.25, 0.3) is 11.1 Å². The maximum Gasteiger partial charge on any atom is 0.130 e. The fourth-order valence-corrected chi connectivity index (χ4v) is 10.5. The molecule has 0 spiro atoms. The van der Waals surface area contributed by atoms with E-state index in [1.54, 1.807) is 0 Å². The maximum atomic E-state index is 6.10. The van der Waals surface area contributed by atoms with Crippen LogP contribution in [0.1, 0.15) is 50.7 Å². The van der Waals surface area contributed by atoms with Crippen molar-refractivity contribution in [1.29, 1.82) is 0 Å². The lowest BCUT2D eigenvalue weighted by molar-refractivity contribution is 0.519. The van der Waals surface area contributed by atoms with E-state index < -0.39 is 8.07 Å². The molecule has 0 aromatic carbocycles. The van der Waals surface area contributed by atoms with Gasteiger partial charge in [-0.15, -0.1) is 0 Å². The highest BCUT2D eigenvalue weighted by Gasteiger charge is 2.48. The fourth-order valence-electron chi connectivity index (χ4n) is 5.47. The summed E-state index contributed by atoms with van der Waals surface area (Å²) in [5.41, 5.74) is 9.34. The van der Waals surface area contributed by atoms with Gasteiger partial charge in [0, 0.05) is 11.1 Å². The molecular formula is C26H32O2Si. The van der Waals surface area contributed by atoms with E-state index in [0.717, 1.165) is 23.0 Å². The van der Waals surface area contributed by atoms with E-state index in [0.29, 0.717) is 11.1 Å². The molecule has 2 aromatic rings. The highest BCUT2D eigenvalue weighted by Crippen LogP contribution is 2.58. The Morgan fingerprint density at radius 1 is 0.621 bits per heavy atom. The van der Waals surface area contributed by atoms with Crippen LogP contribution in [0.2, 0.25) is 24.2 Å². The Bertz CT molecular complexity index is 1010. The Morgan fingerprint density at radius 3 is 1.31 bits per heavy atom. The average Bonchev–Trinajstić information content (AvgIpc) is 3.38. The third-order valence-corrected chi connectivity index (χ3v) is 11.5. The van der Waals surface area contributed by atoms with Crippen LogP contribution in [0, 0.1) is 13.8 Å². The van der Waals surface area contributed by atoms with Gasteiger partial charge in [-0.3, -0.25) is 0 Å². The molecule has 0 bridgehead atoms. The minimum atomic E-state index is -1.89.